The fraction of sp³-hybridized carbons (Fsp3) is 0.409. The van der Waals surface area contributed by atoms with E-state index in [0.29, 0.717) is 22.5 Å². The number of nitrogens with one attached hydrogen (secondary N) is 1. The summed E-state index contributed by atoms with van der Waals surface area (Å²) in [7, 11) is 1.50. The topological polar surface area (TPSA) is 91.9 Å². The van der Waals surface area contributed by atoms with Gasteiger partial charge in [0.25, 0.3) is 11.8 Å². The number of carbonyl (C=O) groups excluding carboxylic acids is 3. The molecule has 3 rings (SSSR count). The molecule has 1 aliphatic heterocycles. The number of esters is 1. The average Bonchev–Trinajstić information content (AvgIpc) is 3.08. The molecule has 0 spiro atoms. The third-order valence-electron chi connectivity index (χ3n) is 5.40. The van der Waals surface area contributed by atoms with Gasteiger partial charge < -0.3 is 24.3 Å². The standard InChI is InChI=1S/C22H25F2N3O5/c1-13-18(22(30)32-11-10-31-3)14(2)25-19(13)21(29)27-8-6-26(7-9-27)20(28)15-4-5-16(23)17(24)12-15/h4-5,12,25H,6-11H2,1-3H3. The Bertz CT molecular complexity index is 1030. The largest absolute Gasteiger partial charge is 0.460 e. The Morgan fingerprint density at radius 2 is 1.59 bits per heavy atom. The van der Waals surface area contributed by atoms with Crippen molar-refractivity contribution in [2.24, 2.45) is 0 Å². The lowest BCUT2D eigenvalue weighted by atomic mass is 10.1. The summed E-state index contributed by atoms with van der Waals surface area (Å²) in [5.74, 6) is -3.35. The van der Waals surface area contributed by atoms with Crippen molar-refractivity contribution in [1.82, 2.24) is 14.8 Å². The quantitative estimate of drug-likeness (QED) is 0.540. The van der Waals surface area contributed by atoms with Crippen LogP contribution in [0.15, 0.2) is 18.2 Å². The fourth-order valence-corrected chi connectivity index (χ4v) is 3.64. The number of carbonyl (C=O) groups is 3. The van der Waals surface area contributed by atoms with E-state index >= 15 is 0 Å². The van der Waals surface area contributed by atoms with E-state index in [4.69, 9.17) is 9.47 Å². The number of nitrogens with zero attached hydrogens (tertiary/aromatic N) is 2. The zero-order valence-corrected chi connectivity index (χ0v) is 18.2. The second-order valence-corrected chi connectivity index (χ2v) is 7.47. The highest BCUT2D eigenvalue weighted by Crippen LogP contribution is 2.21. The Morgan fingerprint density at radius 3 is 2.19 bits per heavy atom. The summed E-state index contributed by atoms with van der Waals surface area (Å²) in [4.78, 5) is 44.0. The van der Waals surface area contributed by atoms with Crippen LogP contribution in [0.1, 0.15) is 42.5 Å². The second kappa shape index (κ2) is 9.90. The summed E-state index contributed by atoms with van der Waals surface area (Å²) in [6.07, 6.45) is 0. The van der Waals surface area contributed by atoms with Crippen molar-refractivity contribution in [3.8, 4) is 0 Å². The van der Waals surface area contributed by atoms with Crippen LogP contribution in [0.4, 0.5) is 8.78 Å². The van der Waals surface area contributed by atoms with Crippen LogP contribution in [0, 0.1) is 25.5 Å². The van der Waals surface area contributed by atoms with Gasteiger partial charge in [0.2, 0.25) is 0 Å². The molecule has 1 aromatic carbocycles. The Morgan fingerprint density at radius 1 is 0.969 bits per heavy atom. The van der Waals surface area contributed by atoms with E-state index < -0.39 is 23.5 Å². The molecular weight excluding hydrogens is 424 g/mol. The number of piperazine rings is 1. The predicted molar refractivity (Wildman–Crippen MR) is 111 cm³/mol. The highest BCUT2D eigenvalue weighted by Gasteiger charge is 2.29. The summed E-state index contributed by atoms with van der Waals surface area (Å²) in [6, 6.07) is 3.01. The van der Waals surface area contributed by atoms with E-state index in [1.165, 1.54) is 18.1 Å². The first-order valence-corrected chi connectivity index (χ1v) is 10.1. The van der Waals surface area contributed by atoms with E-state index in [-0.39, 0.29) is 50.9 Å². The molecule has 2 aromatic rings. The van der Waals surface area contributed by atoms with Gasteiger partial charge in [-0.05, 0) is 37.6 Å². The van der Waals surface area contributed by atoms with Crippen molar-refractivity contribution < 1.29 is 32.6 Å². The van der Waals surface area contributed by atoms with E-state index in [2.05, 4.69) is 4.98 Å². The van der Waals surface area contributed by atoms with Crippen molar-refractivity contribution >= 4 is 17.8 Å². The molecule has 1 N–H and O–H groups in total. The highest BCUT2D eigenvalue weighted by molar-refractivity contribution is 6.00. The Kier molecular flexibility index (Phi) is 7.24. The van der Waals surface area contributed by atoms with Gasteiger partial charge in [0.05, 0.1) is 12.2 Å². The molecule has 10 heteroatoms. The molecule has 0 atom stereocenters. The van der Waals surface area contributed by atoms with Gasteiger partial charge in [-0.2, -0.15) is 0 Å². The molecule has 0 bridgehead atoms. The number of halogens is 2. The maximum absolute atomic E-state index is 13.4. The van der Waals surface area contributed by atoms with E-state index in [1.54, 1.807) is 18.7 Å². The predicted octanol–water partition coefficient (Wildman–Crippen LogP) is 2.31. The Labute approximate surface area is 184 Å². The number of ether oxygens (including phenoxy) is 2. The number of hydrogen-bond donors (Lipinski definition) is 1. The van der Waals surface area contributed by atoms with Crippen LogP contribution in [-0.4, -0.2) is 79.1 Å². The van der Waals surface area contributed by atoms with Crippen molar-refractivity contribution in [3.05, 3.63) is 57.9 Å². The summed E-state index contributed by atoms with van der Waals surface area (Å²) in [5, 5.41) is 0. The van der Waals surface area contributed by atoms with Crippen molar-refractivity contribution in [1.29, 1.82) is 0 Å². The molecule has 0 radical (unpaired) electrons. The molecule has 0 unspecified atom stereocenters. The van der Waals surface area contributed by atoms with Crippen LogP contribution in [0.3, 0.4) is 0 Å². The molecule has 1 saturated heterocycles. The van der Waals surface area contributed by atoms with Crippen LogP contribution in [-0.2, 0) is 9.47 Å². The van der Waals surface area contributed by atoms with Crippen LogP contribution in [0.25, 0.3) is 0 Å². The van der Waals surface area contributed by atoms with Gasteiger partial charge in [-0.1, -0.05) is 0 Å². The number of aromatic amines is 1. The van der Waals surface area contributed by atoms with Gasteiger partial charge in [0.1, 0.15) is 12.3 Å². The van der Waals surface area contributed by atoms with Crippen molar-refractivity contribution in [2.45, 2.75) is 13.8 Å². The molecule has 1 aromatic heterocycles. The first kappa shape index (κ1) is 23.4. The number of methoxy groups -OCH3 is 1. The fourth-order valence-electron chi connectivity index (χ4n) is 3.64. The molecule has 0 saturated carbocycles. The van der Waals surface area contributed by atoms with Gasteiger partial charge in [-0.25, -0.2) is 13.6 Å². The summed E-state index contributed by atoms with van der Waals surface area (Å²) in [6.45, 7) is 4.76. The Hall–Kier alpha value is -3.27. The smallest absolute Gasteiger partial charge is 0.340 e. The molecule has 0 aliphatic carbocycles. The monoisotopic (exact) mass is 449 g/mol. The summed E-state index contributed by atoms with van der Waals surface area (Å²) < 4.78 is 36.6. The SMILES string of the molecule is COCCOC(=O)c1c(C)[nH]c(C(=O)N2CCN(C(=O)c3ccc(F)c(F)c3)CC2)c1C. The number of H-pyrrole nitrogens is 1. The highest BCUT2D eigenvalue weighted by atomic mass is 19.2. The van der Waals surface area contributed by atoms with Crippen molar-refractivity contribution in [2.75, 3.05) is 46.5 Å². The third kappa shape index (κ3) is 4.80. The third-order valence-corrected chi connectivity index (χ3v) is 5.40. The van der Waals surface area contributed by atoms with Gasteiger partial charge in [0, 0.05) is 44.5 Å². The van der Waals surface area contributed by atoms with Crippen LogP contribution in [0.2, 0.25) is 0 Å². The lowest BCUT2D eigenvalue weighted by Gasteiger charge is -2.34. The molecule has 32 heavy (non-hydrogen) atoms. The average molecular weight is 449 g/mol. The van der Waals surface area contributed by atoms with Gasteiger partial charge in [-0.15, -0.1) is 0 Å². The minimum atomic E-state index is -1.08. The second-order valence-electron chi connectivity index (χ2n) is 7.47. The van der Waals surface area contributed by atoms with Crippen LogP contribution in [0.5, 0.6) is 0 Å². The van der Waals surface area contributed by atoms with Gasteiger partial charge in [0.15, 0.2) is 11.6 Å². The minimum absolute atomic E-state index is 0.0520. The maximum atomic E-state index is 13.4. The molecule has 172 valence electrons. The molecule has 2 amide bonds. The zero-order valence-electron chi connectivity index (χ0n) is 18.2. The van der Waals surface area contributed by atoms with E-state index in [1.807, 2.05) is 0 Å². The maximum Gasteiger partial charge on any atom is 0.340 e. The number of aromatic nitrogens is 1. The molecule has 2 heterocycles. The number of aryl methyl sites for hydroxylation is 1. The Balaban J connectivity index is 1.65. The lowest BCUT2D eigenvalue weighted by molar-refractivity contribution is 0.0386. The number of benzene rings is 1. The first-order valence-electron chi connectivity index (χ1n) is 10.1. The lowest BCUT2D eigenvalue weighted by Crippen LogP contribution is -2.50. The van der Waals surface area contributed by atoms with Crippen LogP contribution >= 0.6 is 0 Å². The summed E-state index contributed by atoms with van der Waals surface area (Å²) >= 11 is 0. The minimum Gasteiger partial charge on any atom is -0.460 e. The molecule has 1 aliphatic rings. The molecular formula is C22H25F2N3O5. The summed E-state index contributed by atoms with van der Waals surface area (Å²) in [5.41, 5.74) is 1.69. The van der Waals surface area contributed by atoms with Gasteiger partial charge >= 0.3 is 5.97 Å². The van der Waals surface area contributed by atoms with E-state index in [0.717, 1.165) is 12.1 Å². The van der Waals surface area contributed by atoms with Crippen LogP contribution < -0.4 is 0 Å². The normalized spacial score (nSPS) is 13.9. The number of rotatable bonds is 6. The van der Waals surface area contributed by atoms with E-state index in [9.17, 15) is 23.2 Å². The number of hydrogen-bond acceptors (Lipinski definition) is 5. The molecule has 8 nitrogen and oxygen atoms in total. The van der Waals surface area contributed by atoms with Crippen molar-refractivity contribution in [3.63, 3.8) is 0 Å². The number of amides is 2. The first-order chi connectivity index (χ1) is 15.2. The zero-order chi connectivity index (χ0) is 23.4. The van der Waals surface area contributed by atoms with Gasteiger partial charge in [-0.3, -0.25) is 9.59 Å². The molecule has 1 fully saturated rings.